The van der Waals surface area contributed by atoms with Crippen molar-refractivity contribution < 1.29 is 23.8 Å². The molecule has 1 fully saturated rings. The van der Waals surface area contributed by atoms with Crippen molar-refractivity contribution in [3.05, 3.63) is 12.2 Å². The molecule has 1 atom stereocenters. The highest BCUT2D eigenvalue weighted by Crippen LogP contribution is 2.46. The summed E-state index contributed by atoms with van der Waals surface area (Å²) in [6, 6.07) is 0. The normalized spacial score (nSPS) is 22.1. The molecule has 1 unspecified atom stereocenters. The van der Waals surface area contributed by atoms with Gasteiger partial charge < -0.3 is 14.2 Å². The van der Waals surface area contributed by atoms with Gasteiger partial charge in [0.05, 0.1) is 20.8 Å². The molecule has 0 bridgehead atoms. The molecule has 0 aromatic heterocycles. The Morgan fingerprint density at radius 2 is 1.83 bits per heavy atom. The van der Waals surface area contributed by atoms with E-state index in [1.165, 1.54) is 14.2 Å². The van der Waals surface area contributed by atoms with Gasteiger partial charge in [-0.3, -0.25) is 9.59 Å². The summed E-state index contributed by atoms with van der Waals surface area (Å²) in [7, 11) is 4.18. The minimum atomic E-state index is -1.19. The second-order valence-corrected chi connectivity index (χ2v) is 4.34. The molecule has 0 aromatic carbocycles. The fraction of sp³-hybridized carbons (Fsp3) is 0.692. The summed E-state index contributed by atoms with van der Waals surface area (Å²) in [5, 5.41) is 0. The summed E-state index contributed by atoms with van der Waals surface area (Å²) in [6.07, 6.45) is 5.70. The van der Waals surface area contributed by atoms with Gasteiger partial charge in [-0.1, -0.05) is 18.6 Å². The standard InChI is InChI=1S/C13H20O5/c1-16-9-5-7-10-6-4-8-13(10,11(14)17-2)12(15)18-3/h5,7,10H,4,6,8-9H2,1-3H3/b7-5+. The monoisotopic (exact) mass is 256 g/mol. The lowest BCUT2D eigenvalue weighted by atomic mass is 9.77. The lowest BCUT2D eigenvalue weighted by Gasteiger charge is -2.28. The van der Waals surface area contributed by atoms with Crippen LogP contribution in [0, 0.1) is 11.3 Å². The quantitative estimate of drug-likeness (QED) is 0.422. The number of methoxy groups -OCH3 is 3. The Balaban J connectivity index is 3.00. The molecule has 1 aliphatic carbocycles. The molecule has 0 heterocycles. The predicted molar refractivity (Wildman–Crippen MR) is 64.8 cm³/mol. The number of allylic oxidation sites excluding steroid dienone is 1. The third kappa shape index (κ3) is 2.56. The van der Waals surface area contributed by atoms with Crippen molar-refractivity contribution in [2.45, 2.75) is 19.3 Å². The van der Waals surface area contributed by atoms with Crippen LogP contribution in [0.2, 0.25) is 0 Å². The Hall–Kier alpha value is -1.36. The van der Waals surface area contributed by atoms with Gasteiger partial charge in [-0.05, 0) is 12.8 Å². The van der Waals surface area contributed by atoms with Crippen LogP contribution in [0.1, 0.15) is 19.3 Å². The maximum Gasteiger partial charge on any atom is 0.323 e. The van der Waals surface area contributed by atoms with Crippen molar-refractivity contribution in [2.24, 2.45) is 11.3 Å². The zero-order valence-electron chi connectivity index (χ0n) is 11.1. The number of ether oxygens (including phenoxy) is 3. The molecule has 1 aliphatic rings. The molecule has 0 aromatic rings. The van der Waals surface area contributed by atoms with Gasteiger partial charge >= 0.3 is 11.9 Å². The largest absolute Gasteiger partial charge is 0.468 e. The first kappa shape index (κ1) is 14.7. The van der Waals surface area contributed by atoms with Crippen LogP contribution in [0.5, 0.6) is 0 Å². The van der Waals surface area contributed by atoms with E-state index in [0.29, 0.717) is 13.0 Å². The first-order valence-corrected chi connectivity index (χ1v) is 5.96. The van der Waals surface area contributed by atoms with Crippen molar-refractivity contribution in [2.75, 3.05) is 27.9 Å². The minimum absolute atomic E-state index is 0.187. The highest BCUT2D eigenvalue weighted by atomic mass is 16.5. The van der Waals surface area contributed by atoms with Crippen LogP contribution in [0.15, 0.2) is 12.2 Å². The van der Waals surface area contributed by atoms with E-state index in [-0.39, 0.29) is 5.92 Å². The Bertz CT molecular complexity index is 318. The molecule has 102 valence electrons. The molecule has 0 spiro atoms. The third-order valence-electron chi connectivity index (χ3n) is 3.45. The first-order valence-electron chi connectivity index (χ1n) is 5.96. The van der Waals surface area contributed by atoms with Crippen molar-refractivity contribution in [3.8, 4) is 0 Å². The van der Waals surface area contributed by atoms with E-state index in [9.17, 15) is 9.59 Å². The zero-order valence-corrected chi connectivity index (χ0v) is 11.1. The van der Waals surface area contributed by atoms with Gasteiger partial charge in [0.25, 0.3) is 0 Å². The molecular weight excluding hydrogens is 236 g/mol. The van der Waals surface area contributed by atoms with Gasteiger partial charge in [-0.2, -0.15) is 0 Å². The summed E-state index contributed by atoms with van der Waals surface area (Å²) in [5.41, 5.74) is -1.19. The predicted octanol–water partition coefficient (Wildman–Crippen LogP) is 1.32. The lowest BCUT2D eigenvalue weighted by Crippen LogP contribution is -2.43. The van der Waals surface area contributed by atoms with Crippen LogP contribution >= 0.6 is 0 Å². The molecule has 0 amide bonds. The van der Waals surface area contributed by atoms with E-state index in [0.717, 1.165) is 12.8 Å². The summed E-state index contributed by atoms with van der Waals surface area (Å²) >= 11 is 0. The number of hydrogen-bond donors (Lipinski definition) is 0. The number of esters is 2. The Labute approximate surface area is 107 Å². The molecule has 0 aliphatic heterocycles. The van der Waals surface area contributed by atoms with Crippen LogP contribution in [0.4, 0.5) is 0 Å². The average Bonchev–Trinajstić information content (AvgIpc) is 2.82. The van der Waals surface area contributed by atoms with E-state index < -0.39 is 17.4 Å². The van der Waals surface area contributed by atoms with Crippen LogP contribution < -0.4 is 0 Å². The van der Waals surface area contributed by atoms with Crippen molar-refractivity contribution in [1.29, 1.82) is 0 Å². The van der Waals surface area contributed by atoms with Gasteiger partial charge in [0.1, 0.15) is 0 Å². The van der Waals surface area contributed by atoms with Crippen LogP contribution in [-0.4, -0.2) is 39.9 Å². The Morgan fingerprint density at radius 1 is 1.22 bits per heavy atom. The topological polar surface area (TPSA) is 61.8 Å². The second kappa shape index (κ2) is 6.54. The Kier molecular flexibility index (Phi) is 5.34. The SMILES string of the molecule is COC/C=C/C1CCCC1(C(=O)OC)C(=O)OC. The van der Waals surface area contributed by atoms with Gasteiger partial charge in [-0.15, -0.1) is 0 Å². The third-order valence-corrected chi connectivity index (χ3v) is 3.45. The molecule has 18 heavy (non-hydrogen) atoms. The molecule has 5 heteroatoms. The van der Waals surface area contributed by atoms with Crippen molar-refractivity contribution in [1.82, 2.24) is 0 Å². The average molecular weight is 256 g/mol. The zero-order chi connectivity index (χ0) is 13.6. The number of carbonyl (C=O) groups excluding carboxylic acids is 2. The smallest absolute Gasteiger partial charge is 0.323 e. The summed E-state index contributed by atoms with van der Waals surface area (Å²) in [4.78, 5) is 24.0. The highest BCUT2D eigenvalue weighted by molar-refractivity contribution is 6.01. The van der Waals surface area contributed by atoms with Crippen LogP contribution in [0.25, 0.3) is 0 Å². The molecule has 5 nitrogen and oxygen atoms in total. The lowest BCUT2D eigenvalue weighted by molar-refractivity contribution is -0.170. The number of carbonyl (C=O) groups is 2. The molecule has 0 saturated heterocycles. The maximum atomic E-state index is 12.0. The van der Waals surface area contributed by atoms with E-state index in [1.54, 1.807) is 7.11 Å². The van der Waals surface area contributed by atoms with E-state index >= 15 is 0 Å². The van der Waals surface area contributed by atoms with Crippen LogP contribution in [-0.2, 0) is 23.8 Å². The second-order valence-electron chi connectivity index (χ2n) is 4.34. The van der Waals surface area contributed by atoms with Gasteiger partial charge in [0, 0.05) is 13.0 Å². The van der Waals surface area contributed by atoms with Crippen molar-refractivity contribution >= 4 is 11.9 Å². The Morgan fingerprint density at radius 3 is 2.33 bits per heavy atom. The first-order chi connectivity index (χ1) is 8.63. The summed E-state index contributed by atoms with van der Waals surface area (Å²) in [5.74, 6) is -1.22. The van der Waals surface area contributed by atoms with Crippen molar-refractivity contribution in [3.63, 3.8) is 0 Å². The van der Waals surface area contributed by atoms with Crippen LogP contribution in [0.3, 0.4) is 0 Å². The molecule has 0 radical (unpaired) electrons. The van der Waals surface area contributed by atoms with E-state index in [2.05, 4.69) is 0 Å². The molecule has 0 N–H and O–H groups in total. The van der Waals surface area contributed by atoms with E-state index in [4.69, 9.17) is 14.2 Å². The molecule has 1 saturated carbocycles. The van der Waals surface area contributed by atoms with Gasteiger partial charge in [0.2, 0.25) is 0 Å². The fourth-order valence-electron chi connectivity index (χ4n) is 2.56. The van der Waals surface area contributed by atoms with E-state index in [1.807, 2.05) is 12.2 Å². The highest BCUT2D eigenvalue weighted by Gasteiger charge is 2.56. The summed E-state index contributed by atoms with van der Waals surface area (Å²) < 4.78 is 14.5. The van der Waals surface area contributed by atoms with Gasteiger partial charge in [0.15, 0.2) is 5.41 Å². The maximum absolute atomic E-state index is 12.0. The molecular formula is C13H20O5. The number of rotatable bonds is 5. The molecule has 1 rings (SSSR count). The fourth-order valence-corrected chi connectivity index (χ4v) is 2.56. The van der Waals surface area contributed by atoms with Gasteiger partial charge in [-0.25, -0.2) is 0 Å². The minimum Gasteiger partial charge on any atom is -0.468 e. The number of hydrogen-bond acceptors (Lipinski definition) is 5. The summed E-state index contributed by atoms with van der Waals surface area (Å²) in [6.45, 7) is 0.453.